The summed E-state index contributed by atoms with van der Waals surface area (Å²) in [6.45, 7) is 0. The zero-order valence-corrected chi connectivity index (χ0v) is 11.3. The zero-order valence-electron chi connectivity index (χ0n) is 11.3. The summed E-state index contributed by atoms with van der Waals surface area (Å²) in [5, 5.41) is 28.8. The number of para-hydroxylation sites is 2. The molecule has 4 rings (SSSR count). The fraction of sp³-hybridized carbons (Fsp3) is 0. The third-order valence-electron chi connectivity index (χ3n) is 3.53. The van der Waals surface area contributed by atoms with Crippen molar-refractivity contribution in [3.63, 3.8) is 0 Å². The van der Waals surface area contributed by atoms with Crippen molar-refractivity contribution in [1.82, 2.24) is 14.8 Å². The maximum atomic E-state index is 9.02. The lowest BCUT2D eigenvalue weighted by Crippen LogP contribution is -2.33. The molecule has 0 fully saturated rings. The van der Waals surface area contributed by atoms with Gasteiger partial charge in [0.05, 0.1) is 5.10 Å². The Bertz CT molecular complexity index is 1070. The van der Waals surface area contributed by atoms with Crippen molar-refractivity contribution < 1.29 is 4.63 Å². The summed E-state index contributed by atoms with van der Waals surface area (Å²) in [6, 6.07) is 17.5. The zero-order chi connectivity index (χ0) is 15.1. The highest BCUT2D eigenvalue weighted by Gasteiger charge is 2.21. The van der Waals surface area contributed by atoms with Gasteiger partial charge in [0.1, 0.15) is 17.2 Å². The number of benzene rings is 2. The van der Waals surface area contributed by atoms with Crippen LogP contribution < -0.4 is 4.63 Å². The van der Waals surface area contributed by atoms with Crippen LogP contribution in [0.25, 0.3) is 32.8 Å². The van der Waals surface area contributed by atoms with Gasteiger partial charge in [0.2, 0.25) is 0 Å². The SMILES string of the molecule is N#CC(=C=[N-])c1nn2c3ccccc3c3ccccc3[n+]2n1. The van der Waals surface area contributed by atoms with Crippen molar-refractivity contribution in [2.75, 3.05) is 0 Å². The maximum Gasteiger partial charge on any atom is 0.356 e. The van der Waals surface area contributed by atoms with E-state index in [-0.39, 0.29) is 11.4 Å². The first-order chi connectivity index (χ1) is 10.8. The molecule has 2 heterocycles. The lowest BCUT2D eigenvalue weighted by molar-refractivity contribution is -0.652. The summed E-state index contributed by atoms with van der Waals surface area (Å²) in [4.78, 5) is 0. The van der Waals surface area contributed by atoms with Gasteiger partial charge in [-0.15, -0.1) is 0 Å². The van der Waals surface area contributed by atoms with Crippen molar-refractivity contribution in [1.29, 1.82) is 5.26 Å². The Kier molecular flexibility index (Phi) is 2.49. The summed E-state index contributed by atoms with van der Waals surface area (Å²) >= 11 is 0. The van der Waals surface area contributed by atoms with Gasteiger partial charge in [-0.1, -0.05) is 30.3 Å². The van der Waals surface area contributed by atoms with E-state index in [4.69, 9.17) is 10.7 Å². The van der Waals surface area contributed by atoms with E-state index in [0.717, 1.165) is 21.8 Å². The molecule has 0 spiro atoms. The van der Waals surface area contributed by atoms with E-state index in [1.165, 1.54) is 0 Å². The van der Waals surface area contributed by atoms with Crippen LogP contribution in [0.15, 0.2) is 48.5 Å². The fourth-order valence-electron chi connectivity index (χ4n) is 2.57. The van der Waals surface area contributed by atoms with Crippen LogP contribution in [0.5, 0.6) is 0 Å². The minimum atomic E-state index is -0.107. The lowest BCUT2D eigenvalue weighted by Gasteiger charge is -2.00. The first-order valence-electron chi connectivity index (χ1n) is 6.60. The molecule has 6 heteroatoms. The van der Waals surface area contributed by atoms with Crippen LogP contribution in [0, 0.1) is 11.3 Å². The third-order valence-corrected chi connectivity index (χ3v) is 3.53. The highest BCUT2D eigenvalue weighted by atomic mass is 15.6. The molecule has 22 heavy (non-hydrogen) atoms. The summed E-state index contributed by atoms with van der Waals surface area (Å²) in [5.41, 5.74) is 1.61. The number of nitrogens with zero attached hydrogens (tertiary/aromatic N) is 6. The van der Waals surface area contributed by atoms with E-state index < -0.39 is 0 Å². The quantitative estimate of drug-likeness (QED) is 0.231. The number of hydrogen-bond donors (Lipinski definition) is 0. The molecule has 0 amide bonds. The third kappa shape index (κ3) is 1.54. The smallest absolute Gasteiger partial charge is 0.356 e. The molecule has 0 N–H and O–H groups in total. The largest absolute Gasteiger partial charge is 0.762 e. The summed E-state index contributed by atoms with van der Waals surface area (Å²) in [5.74, 6) is 1.95. The molecule has 0 aliphatic rings. The molecule has 0 atom stereocenters. The van der Waals surface area contributed by atoms with Crippen molar-refractivity contribution >= 4 is 33.2 Å². The van der Waals surface area contributed by atoms with E-state index in [1.807, 2.05) is 60.5 Å². The lowest BCUT2D eigenvalue weighted by atomic mass is 10.1. The first-order valence-corrected chi connectivity index (χ1v) is 6.60. The number of tetrazole rings is 1. The van der Waals surface area contributed by atoms with Gasteiger partial charge >= 0.3 is 5.82 Å². The number of rotatable bonds is 1. The molecule has 0 radical (unpaired) electrons. The molecular formula is C16H8N6. The Labute approximate surface area is 124 Å². The van der Waals surface area contributed by atoms with Gasteiger partial charge in [0, 0.05) is 15.4 Å². The second-order valence-electron chi connectivity index (χ2n) is 4.74. The van der Waals surface area contributed by atoms with Crippen LogP contribution in [0.1, 0.15) is 5.82 Å². The second-order valence-corrected chi connectivity index (χ2v) is 4.74. The molecule has 0 unspecified atom stereocenters. The van der Waals surface area contributed by atoms with E-state index in [0.29, 0.717) is 0 Å². The molecular weight excluding hydrogens is 276 g/mol. The minimum absolute atomic E-state index is 0.107. The monoisotopic (exact) mass is 284 g/mol. The van der Waals surface area contributed by atoms with E-state index in [2.05, 4.69) is 10.2 Å². The van der Waals surface area contributed by atoms with Gasteiger partial charge < -0.3 is 5.41 Å². The van der Waals surface area contributed by atoms with Gasteiger partial charge in [-0.05, 0) is 27.9 Å². The van der Waals surface area contributed by atoms with Crippen molar-refractivity contribution in [2.24, 2.45) is 0 Å². The summed E-state index contributed by atoms with van der Waals surface area (Å²) in [6.07, 6.45) is 0. The van der Waals surface area contributed by atoms with Crippen LogP contribution in [0.2, 0.25) is 0 Å². The number of nitriles is 1. The van der Waals surface area contributed by atoms with Gasteiger partial charge in [0.15, 0.2) is 5.52 Å². The van der Waals surface area contributed by atoms with Gasteiger partial charge in [0.25, 0.3) is 0 Å². The molecule has 0 bridgehead atoms. The van der Waals surface area contributed by atoms with Crippen LogP contribution in [0.3, 0.4) is 0 Å². The Morgan fingerprint density at radius 3 is 2.59 bits per heavy atom. The summed E-state index contributed by atoms with van der Waals surface area (Å²) in [7, 11) is 0. The Balaban J connectivity index is 2.29. The predicted octanol–water partition coefficient (Wildman–Crippen LogP) is 1.77. The minimum Gasteiger partial charge on any atom is -0.762 e. The molecule has 6 nitrogen and oxygen atoms in total. The first kappa shape index (κ1) is 12.2. The average Bonchev–Trinajstić information content (AvgIpc) is 3.02. The number of fused-ring (bicyclic) bond motifs is 6. The highest BCUT2D eigenvalue weighted by Crippen LogP contribution is 2.21. The predicted molar refractivity (Wildman–Crippen MR) is 81.0 cm³/mol. The molecule has 102 valence electrons. The maximum absolute atomic E-state index is 9.02. The van der Waals surface area contributed by atoms with Crippen LogP contribution in [-0.4, -0.2) is 20.7 Å². The van der Waals surface area contributed by atoms with Crippen molar-refractivity contribution in [3.8, 4) is 6.07 Å². The van der Waals surface area contributed by atoms with E-state index in [9.17, 15) is 0 Å². The molecule has 2 aromatic heterocycles. The summed E-state index contributed by atoms with van der Waals surface area (Å²) < 4.78 is 3.23. The molecule has 2 aromatic carbocycles. The van der Waals surface area contributed by atoms with Gasteiger partial charge in [-0.3, -0.25) is 0 Å². The van der Waals surface area contributed by atoms with Crippen LogP contribution in [0.4, 0.5) is 0 Å². The standard InChI is InChI=1S/C16H8N6/c17-9-11(10-18)16-19-21-14-7-3-1-5-12(14)13-6-2-4-8-15(13)22(21)20-16/h1-8H. The number of aromatic nitrogens is 4. The topological polar surface area (TPSA) is 80.4 Å². The van der Waals surface area contributed by atoms with Crippen LogP contribution >= 0.6 is 0 Å². The molecule has 0 saturated heterocycles. The molecule has 0 aliphatic carbocycles. The molecule has 0 saturated carbocycles. The Morgan fingerprint density at radius 1 is 1.09 bits per heavy atom. The van der Waals surface area contributed by atoms with Gasteiger partial charge in [-0.25, -0.2) is 5.87 Å². The van der Waals surface area contributed by atoms with Crippen molar-refractivity contribution in [3.05, 3.63) is 59.8 Å². The second kappa shape index (κ2) is 4.48. The Morgan fingerprint density at radius 2 is 1.82 bits per heavy atom. The molecule has 4 aromatic rings. The average molecular weight is 284 g/mol. The normalized spacial score (nSPS) is 10.7. The number of allylic oxidation sites excluding steroid dienone is 1. The van der Waals surface area contributed by atoms with E-state index >= 15 is 0 Å². The fourth-order valence-corrected chi connectivity index (χ4v) is 2.57. The van der Waals surface area contributed by atoms with Gasteiger partial charge in [-0.2, -0.15) is 5.26 Å². The van der Waals surface area contributed by atoms with Crippen LogP contribution in [-0.2, 0) is 0 Å². The number of hydrogen-bond acceptors (Lipinski definition) is 3. The highest BCUT2D eigenvalue weighted by molar-refractivity contribution is 6.02. The Hall–Kier alpha value is -3.55. The van der Waals surface area contributed by atoms with E-state index in [1.54, 1.807) is 9.26 Å². The van der Waals surface area contributed by atoms with Crippen molar-refractivity contribution in [2.45, 2.75) is 0 Å². The molecule has 0 aliphatic heterocycles.